The molecule has 0 spiro atoms. The number of carbonyl (C=O) groups is 1. The zero-order chi connectivity index (χ0) is 21.6. The molecular weight excluding hydrogens is 410 g/mol. The van der Waals surface area contributed by atoms with Gasteiger partial charge >= 0.3 is 0 Å². The summed E-state index contributed by atoms with van der Waals surface area (Å²) in [6.07, 6.45) is 0. The summed E-state index contributed by atoms with van der Waals surface area (Å²) in [4.78, 5) is 24.9. The summed E-state index contributed by atoms with van der Waals surface area (Å²) in [6, 6.07) is 15.3. The molecule has 1 atom stereocenters. The molecule has 1 aliphatic rings. The molecule has 162 valence electrons. The fourth-order valence-electron chi connectivity index (χ4n) is 3.55. The van der Waals surface area contributed by atoms with Crippen LogP contribution in [0.4, 0.5) is 0 Å². The Morgan fingerprint density at radius 2 is 1.87 bits per heavy atom. The van der Waals surface area contributed by atoms with E-state index in [9.17, 15) is 4.79 Å². The number of hydrogen-bond donors (Lipinski definition) is 0. The topological polar surface area (TPSA) is 64.5 Å². The van der Waals surface area contributed by atoms with Crippen LogP contribution >= 0.6 is 11.8 Å². The summed E-state index contributed by atoms with van der Waals surface area (Å²) in [5, 5.41) is 1.55. The molecule has 0 aliphatic carbocycles. The number of nitrogens with zero attached hydrogens (tertiary/aromatic N) is 3. The number of Topliss-reactive ketones (excluding diaryl/α,β-unsaturated/α-hetero) is 1. The van der Waals surface area contributed by atoms with Gasteiger partial charge in [-0.05, 0) is 44.2 Å². The maximum absolute atomic E-state index is 13.0. The first kappa shape index (κ1) is 21.7. The number of para-hydroxylation sites is 1. The second kappa shape index (κ2) is 10.2. The highest BCUT2D eigenvalue weighted by atomic mass is 32.2. The van der Waals surface area contributed by atoms with E-state index in [2.05, 4.69) is 4.90 Å². The Kier molecular flexibility index (Phi) is 7.17. The summed E-state index contributed by atoms with van der Waals surface area (Å²) >= 11 is 1.49. The van der Waals surface area contributed by atoms with Crippen molar-refractivity contribution >= 4 is 28.4 Å². The molecule has 4 rings (SSSR count). The number of morpholine rings is 1. The smallest absolute Gasteiger partial charge is 0.175 e. The van der Waals surface area contributed by atoms with Crippen molar-refractivity contribution in [1.29, 1.82) is 0 Å². The van der Waals surface area contributed by atoms with E-state index in [1.54, 1.807) is 0 Å². The van der Waals surface area contributed by atoms with Crippen molar-refractivity contribution < 1.29 is 14.3 Å². The first-order valence-electron chi connectivity index (χ1n) is 10.6. The molecule has 3 aromatic rings. The first-order chi connectivity index (χ1) is 15.1. The van der Waals surface area contributed by atoms with Crippen LogP contribution in [-0.4, -0.2) is 58.8 Å². The monoisotopic (exact) mass is 437 g/mol. The van der Waals surface area contributed by atoms with Crippen molar-refractivity contribution in [1.82, 2.24) is 14.9 Å². The van der Waals surface area contributed by atoms with Crippen molar-refractivity contribution in [3.63, 3.8) is 0 Å². The molecule has 1 saturated heterocycles. The van der Waals surface area contributed by atoms with Crippen LogP contribution in [0.1, 0.15) is 30.0 Å². The largest absolute Gasteiger partial charge is 0.494 e. The number of benzene rings is 2. The minimum Gasteiger partial charge on any atom is -0.494 e. The van der Waals surface area contributed by atoms with Gasteiger partial charge in [0.2, 0.25) is 0 Å². The maximum Gasteiger partial charge on any atom is 0.175 e. The van der Waals surface area contributed by atoms with Crippen molar-refractivity contribution in [3.05, 3.63) is 59.9 Å². The van der Waals surface area contributed by atoms with Crippen LogP contribution in [0.25, 0.3) is 10.9 Å². The van der Waals surface area contributed by atoms with E-state index < -0.39 is 0 Å². The molecule has 2 heterocycles. The SMILES string of the molecule is CCOc1ccc(C(=O)[C@H](C)Sc2nc(CN3CCOCC3)nc3ccccc23)cc1. The summed E-state index contributed by atoms with van der Waals surface area (Å²) in [5.74, 6) is 1.63. The van der Waals surface area contributed by atoms with Gasteiger partial charge in [0.05, 0.1) is 37.1 Å². The molecule has 0 radical (unpaired) electrons. The molecule has 7 heteroatoms. The standard InChI is InChI=1S/C24H27N3O3S/c1-3-30-19-10-8-18(9-11-19)23(28)17(2)31-24-20-6-4-5-7-21(20)25-22(26-24)16-27-12-14-29-15-13-27/h4-11,17H,3,12-16H2,1-2H3/t17-/m0/s1. The van der Waals surface area contributed by atoms with Gasteiger partial charge in [0.25, 0.3) is 0 Å². The predicted molar refractivity (Wildman–Crippen MR) is 123 cm³/mol. The van der Waals surface area contributed by atoms with E-state index in [0.29, 0.717) is 18.7 Å². The van der Waals surface area contributed by atoms with E-state index in [0.717, 1.165) is 53.8 Å². The second-order valence-corrected chi connectivity index (χ2v) is 8.76. The molecule has 31 heavy (non-hydrogen) atoms. The first-order valence-corrected chi connectivity index (χ1v) is 11.5. The van der Waals surface area contributed by atoms with Gasteiger partial charge in [0.1, 0.15) is 16.6 Å². The number of thioether (sulfide) groups is 1. The molecule has 0 saturated carbocycles. The third kappa shape index (κ3) is 5.42. The van der Waals surface area contributed by atoms with Crippen molar-refractivity contribution in [2.45, 2.75) is 30.7 Å². The summed E-state index contributed by atoms with van der Waals surface area (Å²) in [5.41, 5.74) is 1.58. The van der Waals surface area contributed by atoms with Gasteiger partial charge < -0.3 is 9.47 Å². The van der Waals surface area contributed by atoms with E-state index in [4.69, 9.17) is 19.4 Å². The Labute approximate surface area is 187 Å². The van der Waals surface area contributed by atoms with Crippen LogP contribution in [-0.2, 0) is 11.3 Å². The third-order valence-corrected chi connectivity index (χ3v) is 6.29. The molecule has 1 aromatic heterocycles. The van der Waals surface area contributed by atoms with Crippen LogP contribution in [0.3, 0.4) is 0 Å². The summed E-state index contributed by atoms with van der Waals surface area (Å²) < 4.78 is 10.9. The lowest BCUT2D eigenvalue weighted by Gasteiger charge is -2.26. The Balaban J connectivity index is 1.55. The lowest BCUT2D eigenvalue weighted by molar-refractivity contribution is 0.0330. The number of ether oxygens (including phenoxy) is 2. The summed E-state index contributed by atoms with van der Waals surface area (Å²) in [6.45, 7) is 8.40. The van der Waals surface area contributed by atoms with Gasteiger partial charge in [-0.15, -0.1) is 0 Å². The molecule has 1 aliphatic heterocycles. The van der Waals surface area contributed by atoms with Crippen molar-refractivity contribution in [3.8, 4) is 5.75 Å². The minimum absolute atomic E-state index is 0.0745. The molecule has 0 bridgehead atoms. The minimum atomic E-state index is -0.271. The zero-order valence-corrected chi connectivity index (χ0v) is 18.7. The van der Waals surface area contributed by atoms with E-state index >= 15 is 0 Å². The molecular formula is C24H27N3O3S. The molecule has 6 nitrogen and oxygen atoms in total. The molecule has 0 N–H and O–H groups in total. The Morgan fingerprint density at radius 3 is 2.61 bits per heavy atom. The normalized spacial score (nSPS) is 15.7. The maximum atomic E-state index is 13.0. The van der Waals surface area contributed by atoms with Crippen molar-refractivity contribution in [2.24, 2.45) is 0 Å². The van der Waals surface area contributed by atoms with Crippen LogP contribution in [0.5, 0.6) is 5.75 Å². The highest BCUT2D eigenvalue weighted by Gasteiger charge is 2.20. The van der Waals surface area contributed by atoms with Gasteiger partial charge in [-0.3, -0.25) is 9.69 Å². The number of hydrogen-bond acceptors (Lipinski definition) is 7. The van der Waals surface area contributed by atoms with Crippen molar-refractivity contribution in [2.75, 3.05) is 32.9 Å². The molecule has 0 unspecified atom stereocenters. The van der Waals surface area contributed by atoms with Crippen LogP contribution in [0.2, 0.25) is 0 Å². The van der Waals surface area contributed by atoms with E-state index in [1.165, 1.54) is 11.8 Å². The lowest BCUT2D eigenvalue weighted by atomic mass is 10.1. The van der Waals surface area contributed by atoms with Gasteiger partial charge in [-0.2, -0.15) is 0 Å². The lowest BCUT2D eigenvalue weighted by Crippen LogP contribution is -2.36. The number of ketones is 1. The summed E-state index contributed by atoms with van der Waals surface area (Å²) in [7, 11) is 0. The quantitative estimate of drug-likeness (QED) is 0.297. The zero-order valence-electron chi connectivity index (χ0n) is 17.9. The van der Waals surface area contributed by atoms with Gasteiger partial charge in [-0.25, -0.2) is 9.97 Å². The molecule has 0 amide bonds. The average molecular weight is 438 g/mol. The fraction of sp³-hybridized carbons (Fsp3) is 0.375. The Hall–Kier alpha value is -2.48. The third-order valence-electron chi connectivity index (χ3n) is 5.19. The Bertz CT molecular complexity index is 1040. The molecule has 1 fully saturated rings. The number of aromatic nitrogens is 2. The van der Waals surface area contributed by atoms with Gasteiger partial charge in [-0.1, -0.05) is 30.0 Å². The Morgan fingerprint density at radius 1 is 1.13 bits per heavy atom. The van der Waals surface area contributed by atoms with Crippen LogP contribution < -0.4 is 4.74 Å². The second-order valence-electron chi connectivity index (χ2n) is 7.43. The van der Waals surface area contributed by atoms with Gasteiger partial charge in [0.15, 0.2) is 5.78 Å². The van der Waals surface area contributed by atoms with Crippen LogP contribution in [0, 0.1) is 0 Å². The van der Waals surface area contributed by atoms with E-state index in [1.807, 2.05) is 62.4 Å². The van der Waals surface area contributed by atoms with Gasteiger partial charge in [0, 0.05) is 24.0 Å². The number of rotatable bonds is 8. The van der Waals surface area contributed by atoms with E-state index in [-0.39, 0.29) is 11.0 Å². The fourth-order valence-corrected chi connectivity index (χ4v) is 4.59. The highest BCUT2D eigenvalue weighted by Crippen LogP contribution is 2.30. The van der Waals surface area contributed by atoms with Crippen LogP contribution in [0.15, 0.2) is 53.6 Å². The highest BCUT2D eigenvalue weighted by molar-refractivity contribution is 8.00. The predicted octanol–water partition coefficient (Wildman–Crippen LogP) is 4.22. The number of carbonyl (C=O) groups excluding carboxylic acids is 1. The molecule has 2 aromatic carbocycles. The number of fused-ring (bicyclic) bond motifs is 1. The average Bonchev–Trinajstić information content (AvgIpc) is 2.80.